The van der Waals surface area contributed by atoms with Gasteiger partial charge in [0.05, 0.1) is 6.54 Å². The van der Waals surface area contributed by atoms with Crippen LogP contribution in [0.3, 0.4) is 0 Å². The molecule has 0 radical (unpaired) electrons. The van der Waals surface area contributed by atoms with E-state index in [-0.39, 0.29) is 0 Å². The van der Waals surface area contributed by atoms with Crippen molar-refractivity contribution in [1.29, 1.82) is 0 Å². The van der Waals surface area contributed by atoms with Crippen molar-refractivity contribution in [2.24, 2.45) is 10.4 Å². The van der Waals surface area contributed by atoms with Crippen LogP contribution < -0.4 is 10.6 Å². The third kappa shape index (κ3) is 5.20. The van der Waals surface area contributed by atoms with Gasteiger partial charge in [0, 0.05) is 32.1 Å². The Balaban J connectivity index is 2.02. The van der Waals surface area contributed by atoms with Gasteiger partial charge in [0.1, 0.15) is 4.21 Å². The fourth-order valence-electron chi connectivity index (χ4n) is 3.31. The molecule has 0 saturated heterocycles. The third-order valence-electron chi connectivity index (χ3n) is 5.15. The van der Waals surface area contributed by atoms with E-state index in [1.165, 1.54) is 47.7 Å². The van der Waals surface area contributed by atoms with Crippen LogP contribution in [0.25, 0.3) is 0 Å². The number of sulfonamides is 1. The van der Waals surface area contributed by atoms with Gasteiger partial charge in [-0.2, -0.15) is 0 Å². The Morgan fingerprint density at radius 2 is 1.92 bits per heavy atom. The Morgan fingerprint density at radius 3 is 2.50 bits per heavy atom. The quantitative estimate of drug-likeness (QED) is 0.520. The maximum atomic E-state index is 12.2. The molecule has 1 aromatic heterocycles. The maximum absolute atomic E-state index is 12.2. The van der Waals surface area contributed by atoms with Crippen LogP contribution in [0.5, 0.6) is 0 Å². The van der Waals surface area contributed by atoms with Gasteiger partial charge in [-0.05, 0) is 43.7 Å². The summed E-state index contributed by atoms with van der Waals surface area (Å²) in [6, 6.07) is 3.51. The number of thiophene rings is 1. The fourth-order valence-corrected chi connectivity index (χ4v) is 5.76. The molecule has 1 fully saturated rings. The van der Waals surface area contributed by atoms with E-state index in [0.29, 0.717) is 16.2 Å². The standard InChI is InChI=1S/C18H32N4O2S2/c1-5-18(11-7-8-12-18)14-21-17(19-6-2)20-13-15-9-10-16(25-15)26(23,24)22(3)4/h9-10H,5-8,11-14H2,1-4H3,(H2,19,20,21). The molecule has 1 heterocycles. The molecule has 0 spiro atoms. The third-order valence-corrected chi connectivity index (χ3v) is 8.51. The van der Waals surface area contributed by atoms with Crippen LogP contribution >= 0.6 is 11.3 Å². The van der Waals surface area contributed by atoms with Gasteiger partial charge in [-0.3, -0.25) is 0 Å². The topological polar surface area (TPSA) is 73.8 Å². The molecule has 1 aliphatic carbocycles. The smallest absolute Gasteiger partial charge is 0.252 e. The molecule has 2 N–H and O–H groups in total. The highest BCUT2D eigenvalue weighted by molar-refractivity contribution is 7.91. The van der Waals surface area contributed by atoms with E-state index in [1.54, 1.807) is 20.2 Å². The summed E-state index contributed by atoms with van der Waals surface area (Å²) in [7, 11) is -0.269. The Hall–Kier alpha value is -1.12. The molecule has 0 aromatic carbocycles. The van der Waals surface area contributed by atoms with Crippen molar-refractivity contribution in [3.8, 4) is 0 Å². The fraction of sp³-hybridized carbons (Fsp3) is 0.722. The number of aliphatic imine (C=N–C) groups is 1. The number of hydrogen-bond donors (Lipinski definition) is 2. The van der Waals surface area contributed by atoms with Crippen molar-refractivity contribution < 1.29 is 8.42 Å². The van der Waals surface area contributed by atoms with Gasteiger partial charge in [-0.15, -0.1) is 11.3 Å². The molecule has 2 rings (SSSR count). The summed E-state index contributed by atoms with van der Waals surface area (Å²) in [4.78, 5) is 5.59. The predicted molar refractivity (Wildman–Crippen MR) is 109 cm³/mol. The van der Waals surface area contributed by atoms with Gasteiger partial charge in [0.2, 0.25) is 0 Å². The largest absolute Gasteiger partial charge is 0.357 e. The lowest BCUT2D eigenvalue weighted by Crippen LogP contribution is -2.42. The molecule has 1 saturated carbocycles. The molecule has 8 heteroatoms. The van der Waals surface area contributed by atoms with Crippen molar-refractivity contribution >= 4 is 27.3 Å². The minimum Gasteiger partial charge on any atom is -0.357 e. The molecule has 148 valence electrons. The van der Waals surface area contributed by atoms with Crippen LogP contribution in [0.4, 0.5) is 0 Å². The maximum Gasteiger partial charge on any atom is 0.252 e. The lowest BCUT2D eigenvalue weighted by atomic mass is 9.83. The van der Waals surface area contributed by atoms with Gasteiger partial charge in [-0.1, -0.05) is 19.8 Å². The highest BCUT2D eigenvalue weighted by Gasteiger charge is 2.31. The second-order valence-electron chi connectivity index (χ2n) is 7.12. The summed E-state index contributed by atoms with van der Waals surface area (Å²) in [6.07, 6.45) is 6.40. The van der Waals surface area contributed by atoms with E-state index >= 15 is 0 Å². The van der Waals surface area contributed by atoms with E-state index < -0.39 is 10.0 Å². The molecule has 0 amide bonds. The van der Waals surface area contributed by atoms with Crippen LogP contribution in [-0.2, 0) is 16.6 Å². The van der Waals surface area contributed by atoms with Crippen molar-refractivity contribution in [3.05, 3.63) is 17.0 Å². The number of guanidine groups is 1. The lowest BCUT2D eigenvalue weighted by molar-refractivity contribution is 0.283. The van der Waals surface area contributed by atoms with Gasteiger partial charge in [0.15, 0.2) is 5.96 Å². The first-order valence-corrected chi connectivity index (χ1v) is 11.6. The Bertz CT molecular complexity index is 705. The zero-order chi connectivity index (χ0) is 19.2. The Morgan fingerprint density at radius 1 is 1.23 bits per heavy atom. The molecule has 0 bridgehead atoms. The summed E-state index contributed by atoms with van der Waals surface area (Å²) >= 11 is 1.28. The minimum absolute atomic E-state index is 0.363. The van der Waals surface area contributed by atoms with Gasteiger partial charge < -0.3 is 10.6 Å². The number of nitrogens with one attached hydrogen (secondary N) is 2. The summed E-state index contributed by atoms with van der Waals surface area (Å²) in [5.74, 6) is 0.803. The van der Waals surface area contributed by atoms with Gasteiger partial charge in [0.25, 0.3) is 10.0 Å². The van der Waals surface area contributed by atoms with Gasteiger partial charge in [-0.25, -0.2) is 17.7 Å². The van der Waals surface area contributed by atoms with Crippen molar-refractivity contribution in [2.75, 3.05) is 27.2 Å². The van der Waals surface area contributed by atoms with Crippen LogP contribution in [0.2, 0.25) is 0 Å². The molecule has 6 nitrogen and oxygen atoms in total. The SMILES string of the molecule is CCNC(=NCc1ccc(S(=O)(=O)N(C)C)s1)NCC1(CC)CCCC1. The van der Waals surface area contributed by atoms with Crippen LogP contribution in [0, 0.1) is 5.41 Å². The van der Waals surface area contributed by atoms with Crippen molar-refractivity contribution in [3.63, 3.8) is 0 Å². The first kappa shape index (κ1) is 21.2. The highest BCUT2D eigenvalue weighted by atomic mass is 32.2. The predicted octanol–water partition coefficient (Wildman–Crippen LogP) is 3.02. The van der Waals surface area contributed by atoms with E-state index in [4.69, 9.17) is 0 Å². The van der Waals surface area contributed by atoms with E-state index in [1.807, 2.05) is 6.07 Å². The zero-order valence-electron chi connectivity index (χ0n) is 16.3. The zero-order valence-corrected chi connectivity index (χ0v) is 18.0. The first-order valence-electron chi connectivity index (χ1n) is 9.36. The van der Waals surface area contributed by atoms with E-state index in [2.05, 4.69) is 29.5 Å². The first-order chi connectivity index (χ1) is 12.3. The Labute approximate surface area is 162 Å². The highest BCUT2D eigenvalue weighted by Crippen LogP contribution is 2.40. The average Bonchev–Trinajstić information content (AvgIpc) is 3.27. The van der Waals surface area contributed by atoms with Crippen LogP contribution in [0.15, 0.2) is 21.3 Å². The van der Waals surface area contributed by atoms with Crippen LogP contribution in [-0.4, -0.2) is 45.9 Å². The number of hydrogen-bond acceptors (Lipinski definition) is 4. The van der Waals surface area contributed by atoms with Crippen molar-refractivity contribution in [1.82, 2.24) is 14.9 Å². The lowest BCUT2D eigenvalue weighted by Gasteiger charge is -2.28. The summed E-state index contributed by atoms with van der Waals surface area (Å²) in [6.45, 7) is 6.54. The summed E-state index contributed by atoms with van der Waals surface area (Å²) in [5, 5.41) is 6.79. The molecule has 0 aliphatic heterocycles. The van der Waals surface area contributed by atoms with E-state index in [0.717, 1.165) is 23.9 Å². The molecular formula is C18H32N4O2S2. The second kappa shape index (κ2) is 9.19. The number of nitrogens with zero attached hydrogens (tertiary/aromatic N) is 2. The Kier molecular flexibility index (Phi) is 7.49. The summed E-state index contributed by atoms with van der Waals surface area (Å²) in [5.41, 5.74) is 0.395. The van der Waals surface area contributed by atoms with E-state index in [9.17, 15) is 8.42 Å². The second-order valence-corrected chi connectivity index (χ2v) is 10.7. The number of rotatable bonds is 8. The van der Waals surface area contributed by atoms with Crippen molar-refractivity contribution in [2.45, 2.75) is 56.7 Å². The molecule has 1 aromatic rings. The molecule has 0 atom stereocenters. The molecule has 1 aliphatic rings. The minimum atomic E-state index is -3.37. The monoisotopic (exact) mass is 400 g/mol. The summed E-state index contributed by atoms with van der Waals surface area (Å²) < 4.78 is 26.0. The average molecular weight is 401 g/mol. The van der Waals surface area contributed by atoms with Gasteiger partial charge >= 0.3 is 0 Å². The normalized spacial score (nSPS) is 17.7. The van der Waals surface area contributed by atoms with Crippen LogP contribution in [0.1, 0.15) is 50.8 Å². The molecular weight excluding hydrogens is 368 g/mol. The molecule has 0 unspecified atom stereocenters. The molecule has 26 heavy (non-hydrogen) atoms.